The van der Waals surface area contributed by atoms with Gasteiger partial charge in [-0.1, -0.05) is 19.6 Å². The lowest BCUT2D eigenvalue weighted by molar-refractivity contribution is 0.0899. The summed E-state index contributed by atoms with van der Waals surface area (Å²) >= 11 is 0. The van der Waals surface area contributed by atoms with E-state index in [1.54, 1.807) is 6.33 Å². The molecule has 0 unspecified atom stereocenters. The summed E-state index contributed by atoms with van der Waals surface area (Å²) in [7, 11) is -1.09. The number of aromatic nitrogens is 4. The van der Waals surface area contributed by atoms with E-state index in [2.05, 4.69) is 70.1 Å². The summed E-state index contributed by atoms with van der Waals surface area (Å²) in [5.74, 6) is 0. The summed E-state index contributed by atoms with van der Waals surface area (Å²) in [4.78, 5) is 9.04. The third-order valence-electron chi connectivity index (χ3n) is 5.61. The fourth-order valence-electron chi connectivity index (χ4n) is 3.67. The van der Waals surface area contributed by atoms with Crippen LogP contribution in [0.15, 0.2) is 37.1 Å². The number of nitrogens with one attached hydrogen (secondary N) is 1. The van der Waals surface area contributed by atoms with Crippen LogP contribution in [0.2, 0.25) is 25.7 Å². The van der Waals surface area contributed by atoms with Gasteiger partial charge < -0.3 is 19.2 Å². The number of hydrogen-bond donors (Lipinski definition) is 1. The van der Waals surface area contributed by atoms with Crippen molar-refractivity contribution in [2.45, 2.75) is 44.4 Å². The molecule has 10 heteroatoms. The van der Waals surface area contributed by atoms with Crippen LogP contribution in [-0.2, 0) is 17.0 Å². The number of rotatable bonds is 8. The van der Waals surface area contributed by atoms with Crippen LogP contribution in [0, 0.1) is 11.3 Å². The van der Waals surface area contributed by atoms with Crippen LogP contribution in [0.25, 0.3) is 22.3 Å². The molecule has 4 heterocycles. The van der Waals surface area contributed by atoms with Gasteiger partial charge in [-0.25, -0.2) is 9.97 Å². The first kappa shape index (κ1) is 25.4. The molecule has 1 aliphatic heterocycles. The molecule has 0 aliphatic carbocycles. The van der Waals surface area contributed by atoms with Gasteiger partial charge in [-0.3, -0.25) is 0 Å². The molecule has 0 saturated carbocycles. The molecule has 0 radical (unpaired) electrons. The molecule has 0 aromatic carbocycles. The van der Waals surface area contributed by atoms with Gasteiger partial charge in [0, 0.05) is 57.3 Å². The first-order valence-electron chi connectivity index (χ1n) is 10.1. The molecule has 3 aromatic heterocycles. The van der Waals surface area contributed by atoms with Gasteiger partial charge in [-0.05, 0) is 18.2 Å². The Morgan fingerprint density at radius 3 is 2.61 bits per heavy atom. The van der Waals surface area contributed by atoms with E-state index in [9.17, 15) is 5.26 Å². The van der Waals surface area contributed by atoms with Gasteiger partial charge in [-0.15, -0.1) is 24.8 Å². The van der Waals surface area contributed by atoms with Crippen LogP contribution in [0.3, 0.4) is 0 Å². The van der Waals surface area contributed by atoms with Gasteiger partial charge in [0.2, 0.25) is 0 Å². The summed E-state index contributed by atoms with van der Waals surface area (Å²) in [6.45, 7) is 9.99. The van der Waals surface area contributed by atoms with Gasteiger partial charge in [0.15, 0.2) is 0 Å². The maximum Gasteiger partial charge on any atom is 0.145 e. The van der Waals surface area contributed by atoms with Crippen LogP contribution in [0.5, 0.6) is 0 Å². The lowest BCUT2D eigenvalue weighted by atomic mass is 9.89. The molecule has 1 aliphatic rings. The first-order valence-corrected chi connectivity index (χ1v) is 13.8. The second-order valence-corrected chi connectivity index (χ2v) is 14.7. The predicted molar refractivity (Wildman–Crippen MR) is 131 cm³/mol. The fraction of sp³-hybridized carbons (Fsp3) is 0.476. The summed E-state index contributed by atoms with van der Waals surface area (Å²) in [6.07, 6.45) is 8.28. The third kappa shape index (κ3) is 5.30. The van der Waals surface area contributed by atoms with Crippen molar-refractivity contribution >= 4 is 43.9 Å². The minimum atomic E-state index is -1.09. The lowest BCUT2D eigenvalue weighted by Gasteiger charge is -2.42. The van der Waals surface area contributed by atoms with E-state index in [-0.39, 0.29) is 30.4 Å². The molecule has 0 amide bonds. The van der Waals surface area contributed by atoms with Crippen molar-refractivity contribution in [3.63, 3.8) is 0 Å². The minimum absolute atomic E-state index is 0. The van der Waals surface area contributed by atoms with E-state index in [1.807, 2.05) is 10.8 Å². The van der Waals surface area contributed by atoms with Gasteiger partial charge in [0.25, 0.3) is 0 Å². The average molecular weight is 482 g/mol. The molecule has 168 valence electrons. The average Bonchev–Trinajstić information content (AvgIpc) is 3.28. The molecular weight excluding hydrogens is 451 g/mol. The minimum Gasteiger partial charge on any atom is -0.361 e. The van der Waals surface area contributed by atoms with Crippen molar-refractivity contribution in [2.75, 3.05) is 19.7 Å². The van der Waals surface area contributed by atoms with Crippen LogP contribution in [0.1, 0.15) is 6.42 Å². The van der Waals surface area contributed by atoms with E-state index in [0.717, 1.165) is 48.0 Å². The second-order valence-electron chi connectivity index (χ2n) is 9.06. The SMILES string of the molecule is C[Si](C)(C)CCOCn1ccc2c(-c3ccn(C4(CC#N)CNC4)c3)ncnc21.Cl.Cl. The molecule has 0 atom stereocenters. The molecule has 4 rings (SSSR count). The smallest absolute Gasteiger partial charge is 0.145 e. The largest absolute Gasteiger partial charge is 0.361 e. The van der Waals surface area contributed by atoms with Gasteiger partial charge in [-0.2, -0.15) is 5.26 Å². The van der Waals surface area contributed by atoms with E-state index in [4.69, 9.17) is 4.74 Å². The Morgan fingerprint density at radius 2 is 1.97 bits per heavy atom. The van der Waals surface area contributed by atoms with Crippen molar-refractivity contribution < 1.29 is 4.74 Å². The topological polar surface area (TPSA) is 80.7 Å². The number of fused-ring (bicyclic) bond motifs is 1. The Balaban J connectivity index is 0.00000171. The molecule has 0 bridgehead atoms. The van der Waals surface area contributed by atoms with Gasteiger partial charge >= 0.3 is 0 Å². The number of hydrogen-bond acceptors (Lipinski definition) is 5. The highest BCUT2D eigenvalue weighted by Gasteiger charge is 2.38. The Morgan fingerprint density at radius 1 is 1.19 bits per heavy atom. The maximum atomic E-state index is 9.21. The van der Waals surface area contributed by atoms with E-state index in [1.165, 1.54) is 0 Å². The summed E-state index contributed by atoms with van der Waals surface area (Å²) in [5.41, 5.74) is 2.69. The van der Waals surface area contributed by atoms with Crippen LogP contribution in [-0.4, -0.2) is 46.9 Å². The Bertz CT molecular complexity index is 1050. The van der Waals surface area contributed by atoms with Gasteiger partial charge in [0.05, 0.1) is 23.7 Å². The van der Waals surface area contributed by atoms with Crippen molar-refractivity contribution in [1.29, 1.82) is 5.26 Å². The highest BCUT2D eigenvalue weighted by molar-refractivity contribution is 6.76. The molecule has 31 heavy (non-hydrogen) atoms. The first-order chi connectivity index (χ1) is 13.9. The summed E-state index contributed by atoms with van der Waals surface area (Å²) < 4.78 is 10.1. The molecule has 7 nitrogen and oxygen atoms in total. The number of nitriles is 1. The number of halogens is 2. The Labute approximate surface area is 196 Å². The van der Waals surface area contributed by atoms with Crippen molar-refractivity contribution in [2.24, 2.45) is 0 Å². The standard InChI is InChI=1S/C21H28N6OSi.2ClH/c1-29(2,3)11-10-28-16-26-8-5-18-19(24-15-25-20(18)26)17-4-9-27(12-17)21(6-7-22)13-23-14-21;;/h4-5,8-9,12,15,23H,6,10-11,13-14,16H2,1-3H3;2*1H. The Kier molecular flexibility index (Phi) is 8.31. The zero-order valence-electron chi connectivity index (χ0n) is 18.2. The lowest BCUT2D eigenvalue weighted by Crippen LogP contribution is -2.59. The highest BCUT2D eigenvalue weighted by Crippen LogP contribution is 2.31. The Hall–Kier alpha value is -1.89. The van der Waals surface area contributed by atoms with Crippen LogP contribution in [0.4, 0.5) is 0 Å². The maximum absolute atomic E-state index is 9.21. The van der Waals surface area contributed by atoms with Crippen LogP contribution >= 0.6 is 24.8 Å². The normalized spacial score (nSPS) is 14.9. The fourth-order valence-corrected chi connectivity index (χ4v) is 4.43. The third-order valence-corrected chi connectivity index (χ3v) is 7.32. The van der Waals surface area contributed by atoms with E-state index >= 15 is 0 Å². The quantitative estimate of drug-likeness (QED) is 0.384. The molecule has 3 aromatic rings. The summed E-state index contributed by atoms with van der Waals surface area (Å²) in [5, 5.41) is 13.5. The monoisotopic (exact) mass is 480 g/mol. The predicted octanol–water partition coefficient (Wildman–Crippen LogP) is 4.27. The van der Waals surface area contributed by atoms with Gasteiger partial charge in [0.1, 0.15) is 18.7 Å². The number of ether oxygens (including phenoxy) is 1. The second kappa shape index (κ2) is 10.2. The van der Waals surface area contributed by atoms with Crippen molar-refractivity contribution in [3.05, 3.63) is 37.1 Å². The van der Waals surface area contributed by atoms with Crippen molar-refractivity contribution in [3.8, 4) is 17.3 Å². The number of nitrogens with zero attached hydrogens (tertiary/aromatic N) is 5. The zero-order chi connectivity index (χ0) is 20.5. The van der Waals surface area contributed by atoms with E-state index in [0.29, 0.717) is 13.2 Å². The highest BCUT2D eigenvalue weighted by atomic mass is 35.5. The van der Waals surface area contributed by atoms with Crippen molar-refractivity contribution in [1.82, 2.24) is 24.4 Å². The molecule has 1 fully saturated rings. The van der Waals surface area contributed by atoms with Crippen LogP contribution < -0.4 is 5.32 Å². The molecular formula is C21H30Cl2N6OSi. The zero-order valence-corrected chi connectivity index (χ0v) is 20.8. The molecule has 1 saturated heterocycles. The molecule has 1 N–H and O–H groups in total. The summed E-state index contributed by atoms with van der Waals surface area (Å²) in [6, 6.07) is 7.60. The van der Waals surface area contributed by atoms with E-state index < -0.39 is 8.07 Å². The molecule has 0 spiro atoms.